The predicted octanol–water partition coefficient (Wildman–Crippen LogP) is 5.43. The van der Waals surface area contributed by atoms with E-state index in [1.807, 2.05) is 30.1 Å². The number of benzene rings is 2. The lowest BCUT2D eigenvalue weighted by atomic mass is 9.91. The van der Waals surface area contributed by atoms with Crippen LogP contribution < -0.4 is 5.32 Å². The molecule has 29 heavy (non-hydrogen) atoms. The third-order valence-electron chi connectivity index (χ3n) is 5.28. The van der Waals surface area contributed by atoms with Gasteiger partial charge in [0.2, 0.25) is 0 Å². The van der Waals surface area contributed by atoms with Crippen molar-refractivity contribution in [2.75, 3.05) is 16.8 Å². The highest BCUT2D eigenvalue weighted by Gasteiger charge is 2.22. The van der Waals surface area contributed by atoms with E-state index in [2.05, 4.69) is 10.3 Å². The third-order valence-corrected chi connectivity index (χ3v) is 6.56. The Bertz CT molecular complexity index is 1070. The van der Waals surface area contributed by atoms with E-state index in [1.165, 1.54) is 6.07 Å². The minimum atomic E-state index is -1.05. The van der Waals surface area contributed by atoms with Gasteiger partial charge in [0.25, 0.3) is 0 Å². The van der Waals surface area contributed by atoms with Crippen LogP contribution in [0.4, 0.5) is 11.4 Å². The van der Waals surface area contributed by atoms with Crippen LogP contribution in [0.1, 0.15) is 40.2 Å². The zero-order valence-corrected chi connectivity index (χ0v) is 17.3. The summed E-state index contributed by atoms with van der Waals surface area (Å²) in [5.74, 6) is 1.52. The topological polar surface area (TPSA) is 82.5 Å². The molecule has 1 saturated heterocycles. The van der Waals surface area contributed by atoms with E-state index in [1.54, 1.807) is 18.2 Å². The molecule has 0 spiro atoms. The molecule has 0 radical (unpaired) electrons. The Labute approximate surface area is 178 Å². The molecule has 0 amide bonds. The number of rotatable bonds is 5. The number of aliphatic hydroxyl groups excluding tert-OH is 1. The van der Waals surface area contributed by atoms with Crippen molar-refractivity contribution in [3.63, 3.8) is 0 Å². The van der Waals surface area contributed by atoms with Gasteiger partial charge >= 0.3 is 5.97 Å². The first-order chi connectivity index (χ1) is 14.1. The molecule has 0 unspecified atom stereocenters. The molecule has 1 aromatic heterocycles. The number of aliphatic hydroxyl groups is 1. The molecule has 0 saturated carbocycles. The number of aromatic nitrogens is 1. The van der Waals surface area contributed by atoms with Gasteiger partial charge in [-0.25, -0.2) is 4.79 Å². The number of nitrogens with one attached hydrogen (secondary N) is 1. The van der Waals surface area contributed by atoms with Gasteiger partial charge in [0.1, 0.15) is 0 Å². The molecule has 0 atom stereocenters. The molecular weight excluding hydrogens is 408 g/mol. The standard InChI is InChI=1S/C22H21ClN2O3S/c23-15-2-4-19-16(10-15)21(18(11-24-19)14-5-7-29-8-6-14)25-20-3-1-13(12-26)9-17(20)22(27)28/h1-4,9-11,14,26H,5-8,12H2,(H,24,25)(H,27,28). The van der Waals surface area contributed by atoms with Crippen LogP contribution in [0, 0.1) is 0 Å². The number of aromatic carboxylic acids is 1. The summed E-state index contributed by atoms with van der Waals surface area (Å²) in [6, 6.07) is 10.5. The van der Waals surface area contributed by atoms with Crippen molar-refractivity contribution in [1.29, 1.82) is 0 Å². The maximum Gasteiger partial charge on any atom is 0.337 e. The average molecular weight is 429 g/mol. The van der Waals surface area contributed by atoms with Crippen LogP contribution in [-0.4, -0.2) is 32.7 Å². The number of carboxylic acid groups (broad SMARTS) is 1. The van der Waals surface area contributed by atoms with E-state index in [0.29, 0.717) is 22.2 Å². The lowest BCUT2D eigenvalue weighted by molar-refractivity contribution is 0.0698. The molecule has 2 aromatic carbocycles. The van der Waals surface area contributed by atoms with E-state index in [0.717, 1.165) is 46.5 Å². The van der Waals surface area contributed by atoms with Crippen LogP contribution in [0.5, 0.6) is 0 Å². The summed E-state index contributed by atoms with van der Waals surface area (Å²) in [6.07, 6.45) is 4.02. The van der Waals surface area contributed by atoms with Gasteiger partial charge in [-0.05, 0) is 71.7 Å². The zero-order valence-electron chi connectivity index (χ0n) is 15.7. The summed E-state index contributed by atoms with van der Waals surface area (Å²) in [5, 5.41) is 23.9. The van der Waals surface area contributed by atoms with Gasteiger partial charge in [0.05, 0.1) is 29.1 Å². The Morgan fingerprint density at radius 2 is 2.00 bits per heavy atom. The highest BCUT2D eigenvalue weighted by Crippen LogP contribution is 2.40. The molecule has 3 N–H and O–H groups in total. The molecule has 2 heterocycles. The number of thioether (sulfide) groups is 1. The molecule has 4 rings (SSSR count). The minimum absolute atomic E-state index is 0.119. The van der Waals surface area contributed by atoms with Crippen molar-refractivity contribution in [1.82, 2.24) is 4.98 Å². The highest BCUT2D eigenvalue weighted by atomic mass is 35.5. The van der Waals surface area contributed by atoms with Crippen LogP contribution in [-0.2, 0) is 6.61 Å². The van der Waals surface area contributed by atoms with E-state index in [4.69, 9.17) is 11.6 Å². The van der Waals surface area contributed by atoms with Gasteiger partial charge in [-0.3, -0.25) is 4.98 Å². The van der Waals surface area contributed by atoms with E-state index < -0.39 is 5.97 Å². The second-order valence-corrected chi connectivity index (χ2v) is 8.77. The highest BCUT2D eigenvalue weighted by molar-refractivity contribution is 7.99. The molecule has 150 valence electrons. The molecular formula is C22H21ClN2O3S. The Kier molecular flexibility index (Phi) is 5.94. The molecule has 7 heteroatoms. The van der Waals surface area contributed by atoms with Crippen molar-refractivity contribution < 1.29 is 15.0 Å². The van der Waals surface area contributed by atoms with Gasteiger partial charge in [0, 0.05) is 16.6 Å². The van der Waals surface area contributed by atoms with Gasteiger partial charge < -0.3 is 15.5 Å². The lowest BCUT2D eigenvalue weighted by Gasteiger charge is -2.25. The molecule has 3 aromatic rings. The smallest absolute Gasteiger partial charge is 0.337 e. The van der Waals surface area contributed by atoms with Crippen molar-refractivity contribution in [3.05, 3.63) is 64.3 Å². The Morgan fingerprint density at radius 1 is 1.21 bits per heavy atom. The fourth-order valence-electron chi connectivity index (χ4n) is 3.75. The number of carboxylic acids is 1. The Morgan fingerprint density at radius 3 is 2.72 bits per heavy atom. The first-order valence-corrected chi connectivity index (χ1v) is 11.0. The summed E-state index contributed by atoms with van der Waals surface area (Å²) >= 11 is 8.23. The van der Waals surface area contributed by atoms with Crippen LogP contribution >= 0.6 is 23.4 Å². The van der Waals surface area contributed by atoms with E-state index in [-0.39, 0.29) is 12.2 Å². The van der Waals surface area contributed by atoms with E-state index >= 15 is 0 Å². The summed E-state index contributed by atoms with van der Waals surface area (Å²) in [6.45, 7) is -0.209. The number of fused-ring (bicyclic) bond motifs is 1. The summed E-state index contributed by atoms with van der Waals surface area (Å²) in [7, 11) is 0. The van der Waals surface area contributed by atoms with Crippen LogP contribution in [0.15, 0.2) is 42.6 Å². The number of anilines is 2. The third kappa shape index (κ3) is 4.20. The monoisotopic (exact) mass is 428 g/mol. The maximum absolute atomic E-state index is 11.8. The van der Waals surface area contributed by atoms with Crippen molar-refractivity contribution in [2.45, 2.75) is 25.4 Å². The molecule has 5 nitrogen and oxygen atoms in total. The quantitative estimate of drug-likeness (QED) is 0.502. The largest absolute Gasteiger partial charge is 0.478 e. The van der Waals surface area contributed by atoms with Gasteiger partial charge in [-0.2, -0.15) is 11.8 Å². The lowest BCUT2D eigenvalue weighted by Crippen LogP contribution is -2.12. The number of pyridine rings is 1. The predicted molar refractivity (Wildman–Crippen MR) is 119 cm³/mol. The normalized spacial score (nSPS) is 14.8. The van der Waals surface area contributed by atoms with Gasteiger partial charge in [-0.1, -0.05) is 17.7 Å². The van der Waals surface area contributed by atoms with Crippen LogP contribution in [0.3, 0.4) is 0 Å². The number of nitrogens with zero attached hydrogens (tertiary/aromatic N) is 1. The first kappa shape index (κ1) is 20.0. The first-order valence-electron chi connectivity index (χ1n) is 9.47. The average Bonchev–Trinajstić information content (AvgIpc) is 2.74. The summed E-state index contributed by atoms with van der Waals surface area (Å²) < 4.78 is 0. The van der Waals surface area contributed by atoms with E-state index in [9.17, 15) is 15.0 Å². The maximum atomic E-state index is 11.8. The zero-order chi connectivity index (χ0) is 20.4. The van der Waals surface area contributed by atoms with Gasteiger partial charge in [0.15, 0.2) is 0 Å². The molecule has 1 aliphatic heterocycles. The number of carbonyl (C=O) groups is 1. The minimum Gasteiger partial charge on any atom is -0.478 e. The molecule has 0 aliphatic carbocycles. The summed E-state index contributed by atoms with van der Waals surface area (Å²) in [4.78, 5) is 16.5. The van der Waals surface area contributed by atoms with Crippen molar-refractivity contribution in [3.8, 4) is 0 Å². The fraction of sp³-hybridized carbons (Fsp3) is 0.273. The SMILES string of the molecule is O=C(O)c1cc(CO)ccc1Nc1c(C2CCSCC2)cnc2ccc(Cl)cc12. The van der Waals surface area contributed by atoms with Crippen LogP contribution in [0.25, 0.3) is 10.9 Å². The Hall–Kier alpha value is -2.28. The Balaban J connectivity index is 1.87. The fourth-order valence-corrected chi connectivity index (χ4v) is 5.03. The van der Waals surface area contributed by atoms with Crippen molar-refractivity contribution in [2.24, 2.45) is 0 Å². The molecule has 1 aliphatic rings. The second-order valence-electron chi connectivity index (χ2n) is 7.10. The summed E-state index contributed by atoms with van der Waals surface area (Å²) in [5.41, 5.74) is 3.90. The van der Waals surface area contributed by atoms with Gasteiger partial charge in [-0.15, -0.1) is 0 Å². The second kappa shape index (κ2) is 8.61. The number of hydrogen-bond acceptors (Lipinski definition) is 5. The molecule has 0 bridgehead atoms. The van der Waals surface area contributed by atoms with Crippen LogP contribution in [0.2, 0.25) is 5.02 Å². The van der Waals surface area contributed by atoms with Crippen molar-refractivity contribution >= 4 is 51.6 Å². The molecule has 1 fully saturated rings. The number of hydrogen-bond donors (Lipinski definition) is 3. The number of halogens is 1.